The van der Waals surface area contributed by atoms with Crippen molar-refractivity contribution in [3.63, 3.8) is 0 Å². The van der Waals surface area contributed by atoms with Crippen LogP contribution >= 0.6 is 11.6 Å². The first kappa shape index (κ1) is 20.5. The number of amides is 1. The van der Waals surface area contributed by atoms with Crippen molar-refractivity contribution in [1.82, 2.24) is 19.6 Å². The van der Waals surface area contributed by atoms with Gasteiger partial charge in [0.15, 0.2) is 12.4 Å². The summed E-state index contributed by atoms with van der Waals surface area (Å²) in [6.07, 6.45) is 3.44. The Bertz CT molecular complexity index is 984. The number of aryl methyl sites for hydroxylation is 2. The van der Waals surface area contributed by atoms with Crippen LogP contribution in [0.1, 0.15) is 27.4 Å². The number of rotatable bonds is 6. The average molecular weight is 429 g/mol. The molecule has 1 aliphatic heterocycles. The van der Waals surface area contributed by atoms with Gasteiger partial charge in [-0.15, -0.1) is 0 Å². The fraction of sp³-hybridized carbons (Fsp3) is 0.364. The van der Waals surface area contributed by atoms with E-state index in [2.05, 4.69) is 10.00 Å². The molecule has 4 rings (SSSR count). The van der Waals surface area contributed by atoms with E-state index in [4.69, 9.17) is 20.8 Å². The maximum atomic E-state index is 12.8. The summed E-state index contributed by atoms with van der Waals surface area (Å²) in [5.74, 6) is 1.62. The zero-order valence-electron chi connectivity index (χ0n) is 17.2. The molecule has 0 radical (unpaired) electrons. The summed E-state index contributed by atoms with van der Waals surface area (Å²) in [6, 6.07) is 9.39. The van der Waals surface area contributed by atoms with Gasteiger partial charge in [0.1, 0.15) is 11.5 Å². The Hall–Kier alpha value is -2.77. The minimum absolute atomic E-state index is 0.0513. The van der Waals surface area contributed by atoms with E-state index < -0.39 is 0 Å². The maximum Gasteiger partial charge on any atom is 0.274 e. The highest BCUT2D eigenvalue weighted by Crippen LogP contribution is 2.26. The number of halogens is 1. The van der Waals surface area contributed by atoms with Crippen molar-refractivity contribution in [3.8, 4) is 5.75 Å². The zero-order valence-corrected chi connectivity index (χ0v) is 17.9. The van der Waals surface area contributed by atoms with Gasteiger partial charge in [0.05, 0.1) is 12.8 Å². The fourth-order valence-corrected chi connectivity index (χ4v) is 3.68. The van der Waals surface area contributed by atoms with E-state index in [0.29, 0.717) is 18.8 Å². The monoisotopic (exact) mass is 428 g/mol. The Kier molecular flexibility index (Phi) is 6.11. The first-order valence-corrected chi connectivity index (χ1v) is 10.3. The van der Waals surface area contributed by atoms with Crippen LogP contribution in [0.25, 0.3) is 0 Å². The third-order valence-corrected chi connectivity index (χ3v) is 5.85. The molecule has 0 saturated carbocycles. The molecular weight excluding hydrogens is 404 g/mol. The van der Waals surface area contributed by atoms with Crippen molar-refractivity contribution in [2.24, 2.45) is 0 Å². The number of benzene rings is 1. The van der Waals surface area contributed by atoms with Crippen molar-refractivity contribution in [1.29, 1.82) is 0 Å². The molecule has 0 aliphatic carbocycles. The number of hydrogen-bond acceptors (Lipinski definition) is 5. The normalized spacial score (nSPS) is 14.8. The van der Waals surface area contributed by atoms with Gasteiger partial charge in [-0.25, -0.2) is 4.68 Å². The van der Waals surface area contributed by atoms with Crippen molar-refractivity contribution in [2.45, 2.75) is 27.1 Å². The van der Waals surface area contributed by atoms with Gasteiger partial charge in [-0.05, 0) is 55.3 Å². The highest BCUT2D eigenvalue weighted by molar-refractivity contribution is 6.32. The topological polar surface area (TPSA) is 63.7 Å². The smallest absolute Gasteiger partial charge is 0.274 e. The SMILES string of the molecule is Cc1cc(OCn2ccc(C(=O)N3CCN(Cc4ccco4)CC3)n2)cc(C)c1Cl. The second-order valence-electron chi connectivity index (χ2n) is 7.53. The van der Waals surface area contributed by atoms with Gasteiger partial charge in [-0.1, -0.05) is 11.6 Å². The van der Waals surface area contributed by atoms with E-state index in [9.17, 15) is 4.79 Å². The number of carbonyl (C=O) groups excluding carboxylic acids is 1. The molecule has 0 N–H and O–H groups in total. The van der Waals surface area contributed by atoms with Crippen LogP contribution in [-0.2, 0) is 13.3 Å². The minimum Gasteiger partial charge on any atom is -0.471 e. The largest absolute Gasteiger partial charge is 0.471 e. The van der Waals surface area contributed by atoms with Gasteiger partial charge >= 0.3 is 0 Å². The summed E-state index contributed by atoms with van der Waals surface area (Å²) < 4.78 is 12.8. The number of hydrogen-bond donors (Lipinski definition) is 0. The molecule has 1 amide bonds. The van der Waals surface area contributed by atoms with Crippen LogP contribution in [0.2, 0.25) is 5.02 Å². The highest BCUT2D eigenvalue weighted by atomic mass is 35.5. The van der Waals surface area contributed by atoms with Crippen molar-refractivity contribution in [3.05, 3.63) is 70.4 Å². The quantitative estimate of drug-likeness (QED) is 0.598. The molecule has 0 bridgehead atoms. The van der Waals surface area contributed by atoms with Crippen LogP contribution in [-0.4, -0.2) is 51.7 Å². The Morgan fingerprint density at radius 2 is 1.90 bits per heavy atom. The van der Waals surface area contributed by atoms with Crippen LogP contribution in [0.5, 0.6) is 5.75 Å². The molecule has 2 aromatic heterocycles. The second-order valence-corrected chi connectivity index (χ2v) is 7.91. The lowest BCUT2D eigenvalue weighted by Crippen LogP contribution is -2.48. The summed E-state index contributed by atoms with van der Waals surface area (Å²) in [7, 11) is 0. The molecule has 7 nitrogen and oxygen atoms in total. The molecule has 0 spiro atoms. The molecule has 3 aromatic rings. The molecule has 1 fully saturated rings. The molecule has 158 valence electrons. The molecule has 0 unspecified atom stereocenters. The number of furan rings is 1. The third-order valence-electron chi connectivity index (χ3n) is 5.25. The minimum atomic E-state index is -0.0513. The number of nitrogens with zero attached hydrogens (tertiary/aromatic N) is 4. The summed E-state index contributed by atoms with van der Waals surface area (Å²) in [5, 5.41) is 5.14. The van der Waals surface area contributed by atoms with E-state index in [0.717, 1.165) is 47.3 Å². The Morgan fingerprint density at radius 3 is 2.57 bits per heavy atom. The van der Waals surface area contributed by atoms with Crippen LogP contribution in [0, 0.1) is 13.8 Å². The Balaban J connectivity index is 1.30. The van der Waals surface area contributed by atoms with Crippen molar-refractivity contribution in [2.75, 3.05) is 26.2 Å². The van der Waals surface area contributed by atoms with Gasteiger partial charge in [-0.2, -0.15) is 5.10 Å². The zero-order chi connectivity index (χ0) is 21.1. The van der Waals surface area contributed by atoms with E-state index >= 15 is 0 Å². The molecular formula is C22H25ClN4O3. The van der Waals surface area contributed by atoms with Gasteiger partial charge in [0, 0.05) is 37.4 Å². The first-order chi connectivity index (χ1) is 14.5. The predicted molar refractivity (Wildman–Crippen MR) is 114 cm³/mol. The molecule has 30 heavy (non-hydrogen) atoms. The summed E-state index contributed by atoms with van der Waals surface area (Å²) in [4.78, 5) is 16.9. The lowest BCUT2D eigenvalue weighted by atomic mass is 10.1. The molecule has 0 atom stereocenters. The van der Waals surface area contributed by atoms with Crippen molar-refractivity contribution >= 4 is 17.5 Å². The van der Waals surface area contributed by atoms with Crippen molar-refractivity contribution < 1.29 is 13.9 Å². The number of piperazine rings is 1. The van der Waals surface area contributed by atoms with E-state index in [1.54, 1.807) is 23.2 Å². The van der Waals surface area contributed by atoms with Crippen LogP contribution < -0.4 is 4.74 Å². The standard InChI is InChI=1S/C22H25ClN4O3/c1-16-12-19(13-17(2)21(16)23)30-15-27-6-5-20(24-27)22(28)26-9-7-25(8-10-26)14-18-4-3-11-29-18/h3-6,11-13H,7-10,14-15H2,1-2H3. The molecule has 1 saturated heterocycles. The van der Waals surface area contributed by atoms with Crippen LogP contribution in [0.15, 0.2) is 47.2 Å². The van der Waals surface area contributed by atoms with Gasteiger partial charge in [0.2, 0.25) is 0 Å². The number of aromatic nitrogens is 2. The summed E-state index contributed by atoms with van der Waals surface area (Å²) >= 11 is 6.20. The third kappa shape index (κ3) is 4.68. The highest BCUT2D eigenvalue weighted by Gasteiger charge is 2.24. The number of carbonyl (C=O) groups is 1. The second kappa shape index (κ2) is 8.93. The molecule has 3 heterocycles. The first-order valence-electron chi connectivity index (χ1n) is 9.96. The Labute approximate surface area is 180 Å². The maximum absolute atomic E-state index is 12.8. The number of ether oxygens (including phenoxy) is 1. The lowest BCUT2D eigenvalue weighted by Gasteiger charge is -2.33. The summed E-state index contributed by atoms with van der Waals surface area (Å²) in [5.41, 5.74) is 2.37. The molecule has 8 heteroatoms. The average Bonchev–Trinajstić information content (AvgIpc) is 3.42. The summed E-state index contributed by atoms with van der Waals surface area (Å²) in [6.45, 7) is 7.85. The van der Waals surface area contributed by atoms with Gasteiger partial charge in [-0.3, -0.25) is 9.69 Å². The van der Waals surface area contributed by atoms with Gasteiger partial charge in [0.25, 0.3) is 5.91 Å². The predicted octanol–water partition coefficient (Wildman–Crippen LogP) is 3.74. The molecule has 1 aliphatic rings. The van der Waals surface area contributed by atoms with E-state index in [-0.39, 0.29) is 12.6 Å². The molecule has 1 aromatic carbocycles. The van der Waals surface area contributed by atoms with Crippen LogP contribution in [0.4, 0.5) is 0 Å². The van der Waals surface area contributed by atoms with E-state index in [1.165, 1.54) is 0 Å². The fourth-order valence-electron chi connectivity index (χ4n) is 3.57. The van der Waals surface area contributed by atoms with E-state index in [1.807, 2.05) is 43.0 Å². The van der Waals surface area contributed by atoms with Gasteiger partial charge < -0.3 is 14.1 Å². The lowest BCUT2D eigenvalue weighted by molar-refractivity contribution is 0.0613. The van der Waals surface area contributed by atoms with Crippen LogP contribution in [0.3, 0.4) is 0 Å². The Morgan fingerprint density at radius 1 is 1.17 bits per heavy atom.